The molecule has 2 rings (SSSR count). The fraction of sp³-hybridized carbons (Fsp3) is 0.111. The molecule has 0 atom stereocenters. The Morgan fingerprint density at radius 3 is 2.75 bits per heavy atom. The monoisotopic (exact) mass is 325 g/mol. The van der Waals surface area contributed by atoms with Crippen LogP contribution in [0.15, 0.2) is 48.4 Å². The Bertz CT molecular complexity index is 867. The number of aliphatic hydroxyl groups excluding tert-OH is 1. The van der Waals surface area contributed by atoms with Gasteiger partial charge in [-0.15, -0.1) is 0 Å². The number of pyridine rings is 1. The number of anilines is 1. The van der Waals surface area contributed by atoms with E-state index in [4.69, 9.17) is 16.2 Å². The van der Waals surface area contributed by atoms with E-state index in [0.29, 0.717) is 22.2 Å². The predicted molar refractivity (Wildman–Crippen MR) is 95.8 cm³/mol. The van der Waals surface area contributed by atoms with Crippen molar-refractivity contribution < 1.29 is 14.6 Å². The first-order valence-electron chi connectivity index (χ1n) is 7.24. The average Bonchev–Trinajstić information content (AvgIpc) is 2.58. The number of nitrogens with two attached hydrogens (primary N) is 2. The van der Waals surface area contributed by atoms with E-state index in [-0.39, 0.29) is 17.0 Å². The Labute approximate surface area is 139 Å². The number of ether oxygens (including phenoxy) is 1. The van der Waals surface area contributed by atoms with Gasteiger partial charge in [0.05, 0.1) is 23.9 Å². The number of nitrogens with zero attached hydrogens (tertiary/aromatic N) is 1. The molecule has 0 fully saturated rings. The zero-order valence-corrected chi connectivity index (χ0v) is 13.5. The third-order valence-electron chi connectivity index (χ3n) is 3.50. The third kappa shape index (κ3) is 3.38. The fourth-order valence-corrected chi connectivity index (χ4v) is 2.26. The van der Waals surface area contributed by atoms with Crippen LogP contribution < -0.4 is 16.2 Å². The zero-order chi connectivity index (χ0) is 17.7. The number of aliphatic hydroxyl groups is 1. The third-order valence-corrected chi connectivity index (χ3v) is 3.50. The summed E-state index contributed by atoms with van der Waals surface area (Å²) in [6.45, 7) is 1.72. The van der Waals surface area contributed by atoms with Crippen molar-refractivity contribution in [3.05, 3.63) is 59.5 Å². The molecule has 0 spiro atoms. The minimum atomic E-state index is -0.628. The molecule has 0 unspecified atom stereocenters. The van der Waals surface area contributed by atoms with Gasteiger partial charge in [0.15, 0.2) is 0 Å². The second-order valence-corrected chi connectivity index (χ2v) is 4.96. The van der Waals surface area contributed by atoms with Gasteiger partial charge in [-0.05, 0) is 31.2 Å². The number of aromatic nitrogens is 1. The van der Waals surface area contributed by atoms with Crippen LogP contribution in [0.5, 0.6) is 5.75 Å². The summed E-state index contributed by atoms with van der Waals surface area (Å²) >= 11 is 0. The molecule has 1 heterocycles. The number of primary amides is 1. The van der Waals surface area contributed by atoms with Gasteiger partial charge in [-0.2, -0.15) is 0 Å². The Morgan fingerprint density at radius 2 is 2.12 bits per heavy atom. The van der Waals surface area contributed by atoms with Crippen molar-refractivity contribution in [1.29, 1.82) is 0 Å². The van der Waals surface area contributed by atoms with Gasteiger partial charge in [0.1, 0.15) is 11.5 Å². The fourth-order valence-electron chi connectivity index (χ4n) is 2.26. The molecule has 0 aliphatic carbocycles. The van der Waals surface area contributed by atoms with Crippen molar-refractivity contribution in [3.63, 3.8) is 0 Å². The van der Waals surface area contributed by atoms with Crippen molar-refractivity contribution in [1.82, 2.24) is 4.98 Å². The molecule has 124 valence electrons. The Kier molecular flexibility index (Phi) is 5.21. The van der Waals surface area contributed by atoms with E-state index in [0.717, 1.165) is 0 Å². The van der Waals surface area contributed by atoms with E-state index in [1.165, 1.54) is 13.2 Å². The van der Waals surface area contributed by atoms with Crippen molar-refractivity contribution in [2.24, 2.45) is 5.73 Å². The first kappa shape index (κ1) is 17.1. The minimum absolute atomic E-state index is 0.142. The summed E-state index contributed by atoms with van der Waals surface area (Å²) in [4.78, 5) is 16.0. The van der Waals surface area contributed by atoms with E-state index in [2.05, 4.69) is 4.98 Å². The van der Waals surface area contributed by atoms with Crippen LogP contribution >= 0.6 is 0 Å². The normalized spacial score (nSPS) is 12.3. The van der Waals surface area contributed by atoms with Gasteiger partial charge in [0.25, 0.3) is 5.91 Å². The SMILES string of the molecule is C/C=C(O)/C=C\C=C\c1c(N)c(C(N)=O)cc2c(OC)ccnc12. The molecular weight excluding hydrogens is 306 g/mol. The smallest absolute Gasteiger partial charge is 0.250 e. The summed E-state index contributed by atoms with van der Waals surface area (Å²) in [7, 11) is 1.53. The lowest BCUT2D eigenvalue weighted by atomic mass is 10.0. The van der Waals surface area contributed by atoms with Gasteiger partial charge in [-0.1, -0.05) is 18.2 Å². The number of rotatable bonds is 5. The second-order valence-electron chi connectivity index (χ2n) is 4.96. The summed E-state index contributed by atoms with van der Waals surface area (Å²) in [5.74, 6) is 0.0828. The van der Waals surface area contributed by atoms with E-state index in [1.807, 2.05) is 0 Å². The van der Waals surface area contributed by atoms with Crippen LogP contribution in [0.3, 0.4) is 0 Å². The highest BCUT2D eigenvalue weighted by Crippen LogP contribution is 2.33. The lowest BCUT2D eigenvalue weighted by Crippen LogP contribution is -2.14. The molecule has 1 amide bonds. The van der Waals surface area contributed by atoms with Gasteiger partial charge in [0, 0.05) is 17.1 Å². The zero-order valence-electron chi connectivity index (χ0n) is 13.5. The molecular formula is C18H19N3O3. The summed E-state index contributed by atoms with van der Waals surface area (Å²) in [6.07, 6.45) is 9.74. The molecule has 24 heavy (non-hydrogen) atoms. The van der Waals surface area contributed by atoms with Crippen molar-refractivity contribution in [2.45, 2.75) is 6.92 Å². The predicted octanol–water partition coefficient (Wildman–Crippen LogP) is 2.96. The van der Waals surface area contributed by atoms with E-state index in [1.54, 1.807) is 49.6 Å². The molecule has 1 aromatic carbocycles. The van der Waals surface area contributed by atoms with Crippen LogP contribution in [0.1, 0.15) is 22.8 Å². The summed E-state index contributed by atoms with van der Waals surface area (Å²) in [5, 5.41) is 10.0. The maximum absolute atomic E-state index is 11.7. The van der Waals surface area contributed by atoms with Gasteiger partial charge >= 0.3 is 0 Å². The van der Waals surface area contributed by atoms with E-state index >= 15 is 0 Å². The van der Waals surface area contributed by atoms with Gasteiger partial charge in [-0.25, -0.2) is 0 Å². The van der Waals surface area contributed by atoms with Crippen LogP contribution in [0.25, 0.3) is 17.0 Å². The molecule has 0 radical (unpaired) electrons. The number of nitrogen functional groups attached to an aromatic ring is 1. The first-order chi connectivity index (χ1) is 11.5. The highest BCUT2D eigenvalue weighted by atomic mass is 16.5. The molecule has 1 aromatic heterocycles. The second kappa shape index (κ2) is 7.32. The van der Waals surface area contributed by atoms with Crippen LogP contribution in [-0.4, -0.2) is 23.1 Å². The molecule has 0 saturated heterocycles. The first-order valence-corrected chi connectivity index (χ1v) is 7.24. The maximum atomic E-state index is 11.7. The summed E-state index contributed by atoms with van der Waals surface area (Å²) < 4.78 is 5.32. The molecule has 2 aromatic rings. The number of allylic oxidation sites excluding steroid dienone is 4. The highest BCUT2D eigenvalue weighted by Gasteiger charge is 2.16. The number of carbonyl (C=O) groups excluding carboxylic acids is 1. The Hall–Kier alpha value is -3.28. The summed E-state index contributed by atoms with van der Waals surface area (Å²) in [6, 6.07) is 3.28. The highest BCUT2D eigenvalue weighted by molar-refractivity contribution is 6.07. The molecule has 5 N–H and O–H groups in total. The van der Waals surface area contributed by atoms with E-state index < -0.39 is 5.91 Å². The van der Waals surface area contributed by atoms with Crippen LogP contribution in [0.4, 0.5) is 5.69 Å². The van der Waals surface area contributed by atoms with Crippen LogP contribution in [0, 0.1) is 0 Å². The summed E-state index contributed by atoms with van der Waals surface area (Å²) in [5.41, 5.74) is 13.1. The van der Waals surface area contributed by atoms with Crippen LogP contribution in [-0.2, 0) is 0 Å². The molecule has 0 aliphatic heterocycles. The van der Waals surface area contributed by atoms with Crippen molar-refractivity contribution >= 4 is 28.6 Å². The number of fused-ring (bicyclic) bond motifs is 1. The van der Waals surface area contributed by atoms with Crippen molar-refractivity contribution in [3.8, 4) is 5.75 Å². The van der Waals surface area contributed by atoms with Crippen molar-refractivity contribution in [2.75, 3.05) is 12.8 Å². The molecule has 6 nitrogen and oxygen atoms in total. The minimum Gasteiger partial charge on any atom is -0.508 e. The standard InChI is InChI=1S/C18H19N3O3/c1-3-11(22)6-4-5-7-12-16(19)14(18(20)23)10-13-15(24-2)8-9-21-17(12)13/h3-10,22H,19H2,1-2H3,(H2,20,23)/b6-4-,7-5+,11-3-. The topological polar surface area (TPSA) is 111 Å². The lowest BCUT2D eigenvalue weighted by molar-refractivity contribution is 0.100. The average molecular weight is 325 g/mol. The van der Waals surface area contributed by atoms with Gasteiger partial charge in [0.2, 0.25) is 0 Å². The Balaban J connectivity index is 2.66. The molecule has 6 heteroatoms. The molecule has 0 aliphatic rings. The number of hydrogen-bond acceptors (Lipinski definition) is 5. The number of amides is 1. The number of hydrogen-bond donors (Lipinski definition) is 3. The largest absolute Gasteiger partial charge is 0.508 e. The Morgan fingerprint density at radius 1 is 1.38 bits per heavy atom. The molecule has 0 bridgehead atoms. The number of carbonyl (C=O) groups is 1. The lowest BCUT2D eigenvalue weighted by Gasteiger charge is -2.12. The van der Waals surface area contributed by atoms with Gasteiger partial charge < -0.3 is 21.3 Å². The molecule has 0 saturated carbocycles. The quantitative estimate of drug-likeness (QED) is 0.444. The maximum Gasteiger partial charge on any atom is 0.250 e. The van der Waals surface area contributed by atoms with Gasteiger partial charge in [-0.3, -0.25) is 9.78 Å². The number of benzene rings is 1. The van der Waals surface area contributed by atoms with E-state index in [9.17, 15) is 9.90 Å². The van der Waals surface area contributed by atoms with Crippen LogP contribution in [0.2, 0.25) is 0 Å². The number of methoxy groups -OCH3 is 1.